The van der Waals surface area contributed by atoms with E-state index in [1.54, 1.807) is 23.4 Å². The number of rotatable bonds is 3. The van der Waals surface area contributed by atoms with Crippen LogP contribution in [-0.4, -0.2) is 23.4 Å². The van der Waals surface area contributed by atoms with E-state index in [1.807, 2.05) is 66.0 Å². The number of carbonyl (C=O) groups excluding carboxylic acids is 2. The second-order valence-corrected chi connectivity index (χ2v) is 11.5. The molecule has 37 heavy (non-hydrogen) atoms. The monoisotopic (exact) mass is 590 g/mol. The third-order valence-corrected chi connectivity index (χ3v) is 8.89. The van der Waals surface area contributed by atoms with Gasteiger partial charge >= 0.3 is 0 Å². The van der Waals surface area contributed by atoms with Gasteiger partial charge in [0.2, 0.25) is 0 Å². The molecule has 1 atom stereocenters. The molecular formula is C27H19BrN4O3S2. The maximum Gasteiger partial charge on any atom is 0.272 e. The predicted octanol–water partition coefficient (Wildman–Crippen LogP) is 4.04. The van der Waals surface area contributed by atoms with Gasteiger partial charge in [-0.15, -0.1) is 11.3 Å². The molecule has 7 nitrogen and oxygen atoms in total. The molecule has 1 unspecified atom stereocenters. The Bertz CT molecular complexity index is 1800. The van der Waals surface area contributed by atoms with Gasteiger partial charge in [-0.25, -0.2) is 4.99 Å². The molecule has 4 aromatic rings. The molecular weight excluding hydrogens is 572 g/mol. The number of hydrogen-bond donors (Lipinski definition) is 1. The molecule has 0 fully saturated rings. The van der Waals surface area contributed by atoms with Crippen molar-refractivity contribution in [1.29, 1.82) is 0 Å². The van der Waals surface area contributed by atoms with E-state index < -0.39 is 6.04 Å². The Balaban J connectivity index is 1.58. The molecule has 0 saturated heterocycles. The number of carbonyl (C=O) groups is 2. The van der Waals surface area contributed by atoms with Gasteiger partial charge in [0.25, 0.3) is 17.4 Å². The van der Waals surface area contributed by atoms with E-state index in [9.17, 15) is 14.4 Å². The minimum atomic E-state index is -0.662. The van der Waals surface area contributed by atoms with Crippen molar-refractivity contribution < 1.29 is 9.59 Å². The molecule has 1 N–H and O–H groups in total. The number of aromatic nitrogens is 1. The van der Waals surface area contributed by atoms with Crippen LogP contribution in [0.4, 0.5) is 11.4 Å². The average Bonchev–Trinajstić information content (AvgIpc) is 3.57. The van der Waals surface area contributed by atoms with E-state index >= 15 is 0 Å². The van der Waals surface area contributed by atoms with Crippen molar-refractivity contribution in [3.63, 3.8) is 0 Å². The lowest BCUT2D eigenvalue weighted by molar-refractivity contribution is -0.113. The molecule has 0 bridgehead atoms. The minimum Gasteiger partial charge on any atom is -0.322 e. The quantitative estimate of drug-likeness (QED) is 0.391. The van der Waals surface area contributed by atoms with Crippen molar-refractivity contribution in [1.82, 2.24) is 4.57 Å². The maximum atomic E-state index is 14.0. The van der Waals surface area contributed by atoms with Gasteiger partial charge in [-0.05, 0) is 48.7 Å². The summed E-state index contributed by atoms with van der Waals surface area (Å²) in [5.74, 6) is -0.571. The summed E-state index contributed by atoms with van der Waals surface area (Å²) >= 11 is 6.13. The fraction of sp³-hybridized carbons (Fsp3) is 0.111. The van der Waals surface area contributed by atoms with Gasteiger partial charge < -0.3 is 10.2 Å². The van der Waals surface area contributed by atoms with E-state index in [-0.39, 0.29) is 17.4 Å². The standard InChI is InChI=1S/C27H19BrN4O3S2/c1-14-20(24(33)30-16-7-4-3-5-8-16)22(19-9-6-12-36-19)32-26(35)23(37-27(32)29-14)21-17-13-15(28)10-11-18(17)31(2)25(21)34/h3-13,22H,1-2H3,(H,30,33). The largest absolute Gasteiger partial charge is 0.322 e. The van der Waals surface area contributed by atoms with Gasteiger partial charge in [-0.1, -0.05) is 51.5 Å². The zero-order chi connectivity index (χ0) is 25.8. The number of likely N-dealkylation sites (N-methyl/N-ethyl adjacent to an activating group) is 1. The van der Waals surface area contributed by atoms with Crippen LogP contribution in [0.3, 0.4) is 0 Å². The molecule has 2 aromatic heterocycles. The maximum absolute atomic E-state index is 14.0. The van der Waals surface area contributed by atoms with Crippen molar-refractivity contribution in [3.8, 4) is 0 Å². The Labute approximate surface area is 227 Å². The van der Waals surface area contributed by atoms with Crippen molar-refractivity contribution >= 4 is 67.4 Å². The van der Waals surface area contributed by atoms with Crippen LogP contribution in [-0.2, 0) is 9.59 Å². The summed E-state index contributed by atoms with van der Waals surface area (Å²) in [6.07, 6.45) is 0. The van der Waals surface area contributed by atoms with Gasteiger partial charge in [-0.2, -0.15) is 0 Å². The molecule has 2 aliphatic rings. The van der Waals surface area contributed by atoms with Crippen LogP contribution in [0.15, 0.2) is 91.6 Å². The fourth-order valence-corrected chi connectivity index (χ4v) is 7.03. The first kappa shape index (κ1) is 23.8. The Hall–Kier alpha value is -3.60. The Morgan fingerprint density at radius 2 is 1.86 bits per heavy atom. The van der Waals surface area contributed by atoms with Crippen LogP contribution >= 0.6 is 38.6 Å². The lowest BCUT2D eigenvalue weighted by Crippen LogP contribution is -2.41. The highest BCUT2D eigenvalue weighted by molar-refractivity contribution is 9.10. The summed E-state index contributed by atoms with van der Waals surface area (Å²) < 4.78 is 2.67. The molecule has 2 aliphatic heterocycles. The molecule has 0 radical (unpaired) electrons. The van der Waals surface area contributed by atoms with Gasteiger partial charge in [0, 0.05) is 27.6 Å². The number of halogens is 1. The number of fused-ring (bicyclic) bond motifs is 2. The predicted molar refractivity (Wildman–Crippen MR) is 150 cm³/mol. The van der Waals surface area contributed by atoms with Crippen molar-refractivity contribution in [3.05, 3.63) is 112 Å². The number of nitrogens with zero attached hydrogens (tertiary/aromatic N) is 3. The van der Waals surface area contributed by atoms with E-state index in [1.165, 1.54) is 22.7 Å². The van der Waals surface area contributed by atoms with E-state index in [0.29, 0.717) is 37.4 Å². The number of hydrogen-bond acceptors (Lipinski definition) is 6. The molecule has 2 amide bonds. The SMILES string of the molecule is CC1=C(C(=O)Nc2ccccc2)C(c2cccs2)n2c(sc(=C3C(=O)N(C)c4ccc(Br)cc43)c2=O)=N1. The number of allylic oxidation sites excluding steroid dienone is 1. The summed E-state index contributed by atoms with van der Waals surface area (Å²) in [7, 11) is 1.70. The number of para-hydroxylation sites is 1. The normalized spacial score (nSPS) is 18.0. The molecule has 10 heteroatoms. The number of thiazole rings is 1. The van der Waals surface area contributed by atoms with Crippen LogP contribution < -0.4 is 25.1 Å². The topological polar surface area (TPSA) is 83.8 Å². The smallest absolute Gasteiger partial charge is 0.272 e. The summed E-state index contributed by atoms with van der Waals surface area (Å²) in [5.41, 5.74) is 3.02. The molecule has 0 aliphatic carbocycles. The van der Waals surface area contributed by atoms with Crippen molar-refractivity contribution in [2.24, 2.45) is 4.99 Å². The van der Waals surface area contributed by atoms with Gasteiger partial charge in [0.05, 0.1) is 22.5 Å². The summed E-state index contributed by atoms with van der Waals surface area (Å²) in [6, 6.07) is 17.9. The highest BCUT2D eigenvalue weighted by Gasteiger charge is 2.36. The highest BCUT2D eigenvalue weighted by Crippen LogP contribution is 2.37. The molecule has 2 aromatic carbocycles. The van der Waals surface area contributed by atoms with Crippen molar-refractivity contribution in [2.45, 2.75) is 13.0 Å². The number of amides is 2. The van der Waals surface area contributed by atoms with E-state index in [4.69, 9.17) is 0 Å². The fourth-order valence-electron chi connectivity index (χ4n) is 4.71. The van der Waals surface area contributed by atoms with Crippen LogP contribution in [0.1, 0.15) is 23.4 Å². The highest BCUT2D eigenvalue weighted by atomic mass is 79.9. The summed E-state index contributed by atoms with van der Waals surface area (Å²) in [6.45, 7) is 1.78. The van der Waals surface area contributed by atoms with Gasteiger partial charge in [0.15, 0.2) is 4.80 Å². The first-order chi connectivity index (χ1) is 17.8. The molecule has 6 rings (SSSR count). The van der Waals surface area contributed by atoms with Gasteiger partial charge in [0.1, 0.15) is 10.6 Å². The molecule has 0 spiro atoms. The number of thiophene rings is 1. The van der Waals surface area contributed by atoms with Crippen LogP contribution in [0.2, 0.25) is 0 Å². The Morgan fingerprint density at radius 1 is 1.08 bits per heavy atom. The minimum absolute atomic E-state index is 0.246. The van der Waals surface area contributed by atoms with Crippen molar-refractivity contribution in [2.75, 3.05) is 17.3 Å². The molecule has 184 valence electrons. The third-order valence-electron chi connectivity index (χ3n) is 6.42. The average molecular weight is 592 g/mol. The summed E-state index contributed by atoms with van der Waals surface area (Å²) in [4.78, 5) is 48.4. The van der Waals surface area contributed by atoms with Gasteiger partial charge in [-0.3, -0.25) is 19.0 Å². The summed E-state index contributed by atoms with van der Waals surface area (Å²) in [5, 5.41) is 4.86. The van der Waals surface area contributed by atoms with E-state index in [0.717, 1.165) is 15.0 Å². The number of anilines is 2. The first-order valence-electron chi connectivity index (χ1n) is 11.4. The third kappa shape index (κ3) is 3.83. The second kappa shape index (κ2) is 9.05. The zero-order valence-electron chi connectivity index (χ0n) is 19.7. The lowest BCUT2D eigenvalue weighted by Gasteiger charge is -2.24. The van der Waals surface area contributed by atoms with Crippen LogP contribution in [0, 0.1) is 0 Å². The second-order valence-electron chi connectivity index (χ2n) is 8.64. The van der Waals surface area contributed by atoms with Crippen LogP contribution in [0.5, 0.6) is 0 Å². The first-order valence-corrected chi connectivity index (χ1v) is 13.9. The zero-order valence-corrected chi connectivity index (χ0v) is 22.9. The van der Waals surface area contributed by atoms with Crippen LogP contribution in [0.25, 0.3) is 5.57 Å². The number of benzene rings is 2. The molecule has 4 heterocycles. The Morgan fingerprint density at radius 3 is 2.59 bits per heavy atom. The number of nitrogens with one attached hydrogen (secondary N) is 1. The van der Waals surface area contributed by atoms with E-state index in [2.05, 4.69) is 26.2 Å². The Kier molecular flexibility index (Phi) is 5.82. The lowest BCUT2D eigenvalue weighted by atomic mass is 10.0. The molecule has 0 saturated carbocycles.